The van der Waals surface area contributed by atoms with Gasteiger partial charge in [-0.3, -0.25) is 4.79 Å². The molecule has 7 nitrogen and oxygen atoms in total. The largest absolute Gasteiger partial charge is 0.497 e. The van der Waals surface area contributed by atoms with E-state index in [9.17, 15) is 9.59 Å². The van der Waals surface area contributed by atoms with E-state index in [0.29, 0.717) is 45.2 Å². The number of hydrogen-bond donors (Lipinski definition) is 0. The highest BCUT2D eigenvalue weighted by molar-refractivity contribution is 5.76. The van der Waals surface area contributed by atoms with Crippen LogP contribution < -0.4 is 4.74 Å². The zero-order valence-corrected chi connectivity index (χ0v) is 18.9. The summed E-state index contributed by atoms with van der Waals surface area (Å²) in [4.78, 5) is 30.3. The second-order valence-corrected chi connectivity index (χ2v) is 7.70. The van der Waals surface area contributed by atoms with Gasteiger partial charge in [-0.2, -0.15) is 0 Å². The van der Waals surface area contributed by atoms with Crippen molar-refractivity contribution in [2.45, 2.75) is 46.1 Å². The van der Waals surface area contributed by atoms with Gasteiger partial charge in [0.05, 0.1) is 13.7 Å². The molecule has 0 aliphatic carbocycles. The summed E-state index contributed by atoms with van der Waals surface area (Å²) >= 11 is 0. The number of amides is 2. The molecule has 1 aliphatic rings. The average Bonchev–Trinajstić information content (AvgIpc) is 2.77. The molecule has 1 heterocycles. The zero-order valence-electron chi connectivity index (χ0n) is 18.9. The minimum atomic E-state index is -0.283. The molecule has 1 saturated heterocycles. The molecule has 0 N–H and O–H groups in total. The predicted octanol–water partition coefficient (Wildman–Crippen LogP) is 3.03. The summed E-state index contributed by atoms with van der Waals surface area (Å²) in [6, 6.07) is 8.63. The molecule has 2 rings (SSSR count). The van der Waals surface area contributed by atoms with Crippen LogP contribution in [0.15, 0.2) is 24.3 Å². The number of methoxy groups -OCH3 is 1. The SMILES string of the molecule is CCOC(=O)N1CCN(C(=O)CCCN(CC)C(C)Cc2ccc(OC)cc2)CC1. The number of carbonyl (C=O) groups is 2. The van der Waals surface area contributed by atoms with Gasteiger partial charge < -0.3 is 24.2 Å². The van der Waals surface area contributed by atoms with E-state index in [2.05, 4.69) is 30.9 Å². The lowest BCUT2D eigenvalue weighted by Crippen LogP contribution is -2.50. The summed E-state index contributed by atoms with van der Waals surface area (Å²) in [5.41, 5.74) is 1.29. The van der Waals surface area contributed by atoms with Gasteiger partial charge in [0.1, 0.15) is 5.75 Å². The maximum atomic E-state index is 12.6. The standard InChI is InChI=1S/C23H37N3O4/c1-5-24(19(3)18-20-9-11-21(29-4)12-10-20)13-7-8-22(27)25-14-16-26(17-15-25)23(28)30-6-2/h9-12,19H,5-8,13-18H2,1-4H3. The molecular weight excluding hydrogens is 382 g/mol. The van der Waals surface area contributed by atoms with E-state index in [0.717, 1.165) is 31.7 Å². The monoisotopic (exact) mass is 419 g/mol. The Bertz CT molecular complexity index is 657. The third-order valence-electron chi connectivity index (χ3n) is 5.71. The zero-order chi connectivity index (χ0) is 21.9. The van der Waals surface area contributed by atoms with E-state index in [1.807, 2.05) is 17.0 Å². The van der Waals surface area contributed by atoms with E-state index < -0.39 is 0 Å². The number of benzene rings is 1. The van der Waals surface area contributed by atoms with E-state index in [1.165, 1.54) is 5.56 Å². The van der Waals surface area contributed by atoms with Crippen molar-refractivity contribution in [3.05, 3.63) is 29.8 Å². The first-order valence-electron chi connectivity index (χ1n) is 11.0. The summed E-state index contributed by atoms with van der Waals surface area (Å²) in [6.07, 6.45) is 2.08. The fraction of sp³-hybridized carbons (Fsp3) is 0.652. The molecule has 0 spiro atoms. The topological polar surface area (TPSA) is 62.3 Å². The molecule has 168 valence electrons. The Morgan fingerprint density at radius 1 is 1.07 bits per heavy atom. The third-order valence-corrected chi connectivity index (χ3v) is 5.71. The lowest BCUT2D eigenvalue weighted by molar-refractivity contribution is -0.133. The van der Waals surface area contributed by atoms with Crippen molar-refractivity contribution in [1.29, 1.82) is 0 Å². The van der Waals surface area contributed by atoms with Gasteiger partial charge >= 0.3 is 6.09 Å². The molecule has 1 fully saturated rings. The van der Waals surface area contributed by atoms with Crippen molar-refractivity contribution < 1.29 is 19.1 Å². The van der Waals surface area contributed by atoms with Crippen LogP contribution in [0.5, 0.6) is 5.75 Å². The first-order chi connectivity index (χ1) is 14.5. The maximum Gasteiger partial charge on any atom is 0.409 e. The number of likely N-dealkylation sites (N-methyl/N-ethyl adjacent to an activating group) is 1. The van der Waals surface area contributed by atoms with Crippen LogP contribution in [0.2, 0.25) is 0 Å². The van der Waals surface area contributed by atoms with Gasteiger partial charge in [-0.1, -0.05) is 19.1 Å². The quantitative estimate of drug-likeness (QED) is 0.583. The number of carbonyl (C=O) groups excluding carboxylic acids is 2. The second kappa shape index (κ2) is 12.4. The van der Waals surface area contributed by atoms with Crippen LogP contribution in [-0.2, 0) is 16.0 Å². The van der Waals surface area contributed by atoms with Gasteiger partial charge in [-0.15, -0.1) is 0 Å². The normalized spacial score (nSPS) is 15.2. The Morgan fingerprint density at radius 3 is 2.27 bits per heavy atom. The summed E-state index contributed by atoms with van der Waals surface area (Å²) in [5.74, 6) is 1.05. The minimum Gasteiger partial charge on any atom is -0.497 e. The molecule has 30 heavy (non-hydrogen) atoms. The fourth-order valence-corrected chi connectivity index (χ4v) is 3.87. The minimum absolute atomic E-state index is 0.178. The van der Waals surface area contributed by atoms with Crippen molar-refractivity contribution in [1.82, 2.24) is 14.7 Å². The number of hydrogen-bond acceptors (Lipinski definition) is 5. The van der Waals surface area contributed by atoms with Gasteiger partial charge in [0, 0.05) is 38.6 Å². The van der Waals surface area contributed by atoms with E-state index in [1.54, 1.807) is 18.9 Å². The van der Waals surface area contributed by atoms with Crippen LogP contribution in [0.4, 0.5) is 4.79 Å². The summed E-state index contributed by atoms with van der Waals surface area (Å²) in [7, 11) is 1.68. The molecule has 1 aliphatic heterocycles. The van der Waals surface area contributed by atoms with Gasteiger partial charge in [0.15, 0.2) is 0 Å². The smallest absolute Gasteiger partial charge is 0.409 e. The number of rotatable bonds is 10. The molecule has 2 amide bonds. The summed E-state index contributed by atoms with van der Waals surface area (Å²) in [6.45, 7) is 10.7. The fourth-order valence-electron chi connectivity index (χ4n) is 3.87. The Morgan fingerprint density at radius 2 is 1.70 bits per heavy atom. The number of nitrogens with zero attached hydrogens (tertiary/aromatic N) is 3. The Kier molecular flexibility index (Phi) is 9.94. The molecule has 0 saturated carbocycles. The van der Waals surface area contributed by atoms with Crippen LogP contribution in [0.1, 0.15) is 39.2 Å². The summed E-state index contributed by atoms with van der Waals surface area (Å²) < 4.78 is 10.3. The molecule has 0 bridgehead atoms. The molecule has 0 aromatic heterocycles. The van der Waals surface area contributed by atoms with Gasteiger partial charge in [0.2, 0.25) is 5.91 Å². The molecule has 1 aromatic rings. The van der Waals surface area contributed by atoms with Crippen molar-refractivity contribution in [3.8, 4) is 5.75 Å². The van der Waals surface area contributed by atoms with Crippen molar-refractivity contribution in [3.63, 3.8) is 0 Å². The van der Waals surface area contributed by atoms with Crippen LogP contribution in [0.3, 0.4) is 0 Å². The first kappa shape index (κ1) is 24.0. The Hall–Kier alpha value is -2.28. The van der Waals surface area contributed by atoms with Gasteiger partial charge in [-0.25, -0.2) is 4.79 Å². The van der Waals surface area contributed by atoms with Crippen molar-refractivity contribution in [2.75, 3.05) is 53.0 Å². The van der Waals surface area contributed by atoms with E-state index in [4.69, 9.17) is 9.47 Å². The number of ether oxygens (including phenoxy) is 2. The van der Waals surface area contributed by atoms with Crippen molar-refractivity contribution >= 4 is 12.0 Å². The Labute approximate surface area is 180 Å². The van der Waals surface area contributed by atoms with Crippen LogP contribution in [0.25, 0.3) is 0 Å². The Balaban J connectivity index is 1.71. The maximum absolute atomic E-state index is 12.6. The summed E-state index contributed by atoms with van der Waals surface area (Å²) in [5, 5.41) is 0. The first-order valence-corrected chi connectivity index (χ1v) is 11.0. The average molecular weight is 420 g/mol. The van der Waals surface area contributed by atoms with Crippen LogP contribution in [-0.4, -0.2) is 85.7 Å². The lowest BCUT2D eigenvalue weighted by Gasteiger charge is -2.34. The van der Waals surface area contributed by atoms with E-state index in [-0.39, 0.29) is 12.0 Å². The molecule has 1 unspecified atom stereocenters. The molecule has 0 radical (unpaired) electrons. The number of piperazine rings is 1. The highest BCUT2D eigenvalue weighted by Crippen LogP contribution is 2.15. The van der Waals surface area contributed by atoms with Gasteiger partial charge in [0.25, 0.3) is 0 Å². The van der Waals surface area contributed by atoms with E-state index >= 15 is 0 Å². The second-order valence-electron chi connectivity index (χ2n) is 7.70. The predicted molar refractivity (Wildman–Crippen MR) is 118 cm³/mol. The molecule has 1 atom stereocenters. The lowest BCUT2D eigenvalue weighted by atomic mass is 10.1. The highest BCUT2D eigenvalue weighted by atomic mass is 16.6. The third kappa shape index (κ3) is 7.20. The highest BCUT2D eigenvalue weighted by Gasteiger charge is 2.24. The molecule has 1 aromatic carbocycles. The van der Waals surface area contributed by atoms with Gasteiger partial charge in [-0.05, 0) is 57.5 Å². The molecular formula is C23H37N3O4. The van der Waals surface area contributed by atoms with Crippen LogP contribution in [0, 0.1) is 0 Å². The molecule has 7 heteroatoms. The van der Waals surface area contributed by atoms with Crippen molar-refractivity contribution in [2.24, 2.45) is 0 Å². The van der Waals surface area contributed by atoms with Crippen LogP contribution >= 0.6 is 0 Å².